The molecule has 1 aromatic heterocycles. The number of nitrogens with one attached hydrogen (secondary N) is 2. The third-order valence-electron chi connectivity index (χ3n) is 4.28. The van der Waals surface area contributed by atoms with Crippen LogP contribution in [0.1, 0.15) is 51.9 Å². The van der Waals surface area contributed by atoms with Gasteiger partial charge < -0.3 is 10.3 Å². The quantitative estimate of drug-likeness (QED) is 0.498. The van der Waals surface area contributed by atoms with Gasteiger partial charge in [0, 0.05) is 19.5 Å². The second-order valence-electron chi connectivity index (χ2n) is 6.30. The van der Waals surface area contributed by atoms with Gasteiger partial charge in [0.2, 0.25) is 5.91 Å². The average molecular weight is 362 g/mol. The number of carbonyl (C=O) groups excluding carboxylic acids is 1. The summed E-state index contributed by atoms with van der Waals surface area (Å²) in [6, 6.07) is 7.40. The molecule has 1 heterocycles. The van der Waals surface area contributed by atoms with E-state index < -0.39 is 0 Å². The molecule has 6 heteroatoms. The number of aromatic nitrogens is 2. The van der Waals surface area contributed by atoms with E-state index in [9.17, 15) is 9.59 Å². The highest BCUT2D eigenvalue weighted by atomic mass is 32.1. The molecular formula is C19H27N3O2S. The fraction of sp³-hybridized carbons (Fsp3) is 0.526. The van der Waals surface area contributed by atoms with E-state index in [1.165, 1.54) is 0 Å². The lowest BCUT2D eigenvalue weighted by atomic mass is 10.2. The number of carbonyl (C=O) groups is 1. The highest BCUT2D eigenvalue weighted by molar-refractivity contribution is 7.71. The predicted molar refractivity (Wildman–Crippen MR) is 104 cm³/mol. The molecule has 0 unspecified atom stereocenters. The van der Waals surface area contributed by atoms with Crippen LogP contribution in [0.5, 0.6) is 0 Å². The molecule has 0 saturated carbocycles. The van der Waals surface area contributed by atoms with Gasteiger partial charge in [-0.05, 0) is 43.6 Å². The number of aromatic amines is 1. The van der Waals surface area contributed by atoms with E-state index in [1.807, 2.05) is 24.3 Å². The smallest absolute Gasteiger partial charge is 0.262 e. The highest BCUT2D eigenvalue weighted by Gasteiger charge is 2.05. The van der Waals surface area contributed by atoms with Crippen molar-refractivity contribution >= 4 is 29.0 Å². The summed E-state index contributed by atoms with van der Waals surface area (Å²) in [6.45, 7) is 3.50. The molecule has 0 radical (unpaired) electrons. The first-order valence-electron chi connectivity index (χ1n) is 9.12. The highest BCUT2D eigenvalue weighted by Crippen LogP contribution is 2.07. The average Bonchev–Trinajstić information content (AvgIpc) is 2.61. The number of H-pyrrole nitrogens is 1. The first-order chi connectivity index (χ1) is 12.1. The molecule has 25 heavy (non-hydrogen) atoms. The van der Waals surface area contributed by atoms with E-state index in [1.54, 1.807) is 4.57 Å². The Morgan fingerprint density at radius 3 is 2.76 bits per heavy atom. The van der Waals surface area contributed by atoms with Crippen molar-refractivity contribution in [1.29, 1.82) is 0 Å². The van der Waals surface area contributed by atoms with Crippen LogP contribution in [0.4, 0.5) is 0 Å². The number of nitrogens with zero attached hydrogens (tertiary/aromatic N) is 1. The van der Waals surface area contributed by atoms with Gasteiger partial charge in [-0.3, -0.25) is 14.2 Å². The number of rotatable bonds is 10. The topological polar surface area (TPSA) is 66.9 Å². The molecule has 0 atom stereocenters. The Labute approximate surface area is 153 Å². The summed E-state index contributed by atoms with van der Waals surface area (Å²) in [6.07, 6.45) is 6.47. The Balaban J connectivity index is 1.77. The minimum atomic E-state index is -0.0481. The number of hydrogen-bond acceptors (Lipinski definition) is 3. The van der Waals surface area contributed by atoms with Crippen molar-refractivity contribution in [3.63, 3.8) is 0 Å². The Kier molecular flexibility index (Phi) is 7.85. The van der Waals surface area contributed by atoms with E-state index in [0.717, 1.165) is 50.6 Å². The third kappa shape index (κ3) is 5.81. The van der Waals surface area contributed by atoms with Crippen molar-refractivity contribution < 1.29 is 4.79 Å². The zero-order valence-corrected chi connectivity index (χ0v) is 15.7. The van der Waals surface area contributed by atoms with Gasteiger partial charge in [0.05, 0.1) is 10.9 Å². The van der Waals surface area contributed by atoms with Gasteiger partial charge in [-0.1, -0.05) is 38.3 Å². The largest absolute Gasteiger partial charge is 0.356 e. The molecule has 0 aliphatic carbocycles. The van der Waals surface area contributed by atoms with Crippen LogP contribution in [-0.2, 0) is 11.3 Å². The molecule has 0 fully saturated rings. The molecule has 0 aliphatic heterocycles. The minimum Gasteiger partial charge on any atom is -0.356 e. The van der Waals surface area contributed by atoms with Gasteiger partial charge in [0.15, 0.2) is 4.77 Å². The van der Waals surface area contributed by atoms with E-state index in [2.05, 4.69) is 17.2 Å². The first-order valence-corrected chi connectivity index (χ1v) is 9.53. The molecule has 2 rings (SSSR count). The number of unbranched alkanes of at least 4 members (excludes halogenated alkanes) is 4. The molecule has 5 nitrogen and oxygen atoms in total. The summed E-state index contributed by atoms with van der Waals surface area (Å²) in [5.41, 5.74) is 0.724. The van der Waals surface area contributed by atoms with Crippen molar-refractivity contribution in [2.75, 3.05) is 6.54 Å². The number of fused-ring (bicyclic) bond motifs is 1. The molecule has 1 amide bonds. The maximum absolute atomic E-state index is 12.5. The summed E-state index contributed by atoms with van der Waals surface area (Å²) in [7, 11) is 0. The zero-order chi connectivity index (χ0) is 18.1. The Morgan fingerprint density at radius 2 is 1.96 bits per heavy atom. The maximum atomic E-state index is 12.5. The standard InChI is InChI=1S/C19H27N3O2S/c1-2-3-8-13-20-17(23)12-5-4-9-14-22-18(24)15-10-6-7-11-16(15)21-19(22)25/h6-7,10-11H,2-5,8-9,12-14H2,1H3,(H,20,23)(H,21,25). The Bertz CT molecular complexity index is 810. The van der Waals surface area contributed by atoms with E-state index in [-0.39, 0.29) is 11.5 Å². The Hall–Kier alpha value is -1.95. The summed E-state index contributed by atoms with van der Waals surface area (Å²) in [5.74, 6) is 0.122. The molecule has 0 aliphatic rings. The van der Waals surface area contributed by atoms with Gasteiger partial charge in [-0.25, -0.2) is 0 Å². The van der Waals surface area contributed by atoms with Crippen molar-refractivity contribution in [2.45, 2.75) is 58.4 Å². The van der Waals surface area contributed by atoms with Crippen molar-refractivity contribution in [3.05, 3.63) is 39.4 Å². The maximum Gasteiger partial charge on any atom is 0.262 e. The molecule has 136 valence electrons. The van der Waals surface area contributed by atoms with Gasteiger partial charge in [0.25, 0.3) is 5.56 Å². The number of benzene rings is 1. The molecule has 2 N–H and O–H groups in total. The number of hydrogen-bond donors (Lipinski definition) is 2. The van der Waals surface area contributed by atoms with E-state index >= 15 is 0 Å². The predicted octanol–water partition coefficient (Wildman–Crippen LogP) is 3.93. The van der Waals surface area contributed by atoms with E-state index in [0.29, 0.717) is 23.1 Å². The summed E-state index contributed by atoms with van der Waals surface area (Å²) in [5, 5.41) is 3.60. The normalized spacial score (nSPS) is 10.9. The molecule has 0 bridgehead atoms. The number of para-hydroxylation sites is 1. The van der Waals surface area contributed by atoms with Crippen LogP contribution in [0.15, 0.2) is 29.1 Å². The van der Waals surface area contributed by atoms with Crippen molar-refractivity contribution in [1.82, 2.24) is 14.9 Å². The molecular weight excluding hydrogens is 334 g/mol. The lowest BCUT2D eigenvalue weighted by molar-refractivity contribution is -0.121. The van der Waals surface area contributed by atoms with Gasteiger partial charge in [-0.2, -0.15) is 0 Å². The van der Waals surface area contributed by atoms with Crippen molar-refractivity contribution in [3.8, 4) is 0 Å². The van der Waals surface area contributed by atoms with Crippen LogP contribution in [0.2, 0.25) is 0 Å². The lowest BCUT2D eigenvalue weighted by Gasteiger charge is -2.08. The van der Waals surface area contributed by atoms with Gasteiger partial charge in [0.1, 0.15) is 0 Å². The Morgan fingerprint density at radius 1 is 1.16 bits per heavy atom. The third-order valence-corrected chi connectivity index (χ3v) is 4.60. The number of amides is 1. The molecule has 2 aromatic rings. The SMILES string of the molecule is CCCCCNC(=O)CCCCCn1c(=S)[nH]c2ccccc2c1=O. The van der Waals surface area contributed by atoms with Crippen LogP contribution in [0.3, 0.4) is 0 Å². The summed E-state index contributed by atoms with van der Waals surface area (Å²) in [4.78, 5) is 27.3. The summed E-state index contributed by atoms with van der Waals surface area (Å²) < 4.78 is 2.07. The zero-order valence-electron chi connectivity index (χ0n) is 14.8. The van der Waals surface area contributed by atoms with Gasteiger partial charge >= 0.3 is 0 Å². The monoisotopic (exact) mass is 361 g/mol. The van der Waals surface area contributed by atoms with Gasteiger partial charge in [-0.15, -0.1) is 0 Å². The van der Waals surface area contributed by atoms with Crippen LogP contribution in [-0.4, -0.2) is 22.0 Å². The minimum absolute atomic E-state index is 0.0481. The second-order valence-corrected chi connectivity index (χ2v) is 6.69. The lowest BCUT2D eigenvalue weighted by Crippen LogP contribution is -2.24. The van der Waals surface area contributed by atoms with Crippen LogP contribution in [0.25, 0.3) is 10.9 Å². The second kappa shape index (κ2) is 10.1. The van der Waals surface area contributed by atoms with Crippen LogP contribution < -0.4 is 10.9 Å². The summed E-state index contributed by atoms with van der Waals surface area (Å²) >= 11 is 5.30. The molecule has 0 saturated heterocycles. The fourth-order valence-electron chi connectivity index (χ4n) is 2.83. The molecule has 1 aromatic carbocycles. The van der Waals surface area contributed by atoms with E-state index in [4.69, 9.17) is 12.2 Å². The van der Waals surface area contributed by atoms with Crippen LogP contribution in [0, 0.1) is 4.77 Å². The first kappa shape index (κ1) is 19.4. The van der Waals surface area contributed by atoms with Crippen molar-refractivity contribution in [2.24, 2.45) is 0 Å². The molecule has 0 spiro atoms. The van der Waals surface area contributed by atoms with Crippen LogP contribution >= 0.6 is 12.2 Å². The fourth-order valence-corrected chi connectivity index (χ4v) is 3.11.